The van der Waals surface area contributed by atoms with Crippen molar-refractivity contribution in [1.29, 1.82) is 0 Å². The molecule has 1 atom stereocenters. The Morgan fingerprint density at radius 3 is 2.83 bits per heavy atom. The van der Waals surface area contributed by atoms with Crippen LogP contribution in [0.5, 0.6) is 0 Å². The number of hydrogen-bond acceptors (Lipinski definition) is 5. The van der Waals surface area contributed by atoms with Gasteiger partial charge in [0.2, 0.25) is 5.91 Å². The molecule has 0 unspecified atom stereocenters. The van der Waals surface area contributed by atoms with Crippen molar-refractivity contribution in [2.75, 3.05) is 0 Å². The highest BCUT2D eigenvalue weighted by molar-refractivity contribution is 5.80. The molecule has 23 heavy (non-hydrogen) atoms. The van der Waals surface area contributed by atoms with E-state index in [1.807, 2.05) is 37.3 Å². The van der Waals surface area contributed by atoms with Crippen LogP contribution in [0.4, 0.5) is 0 Å². The molecule has 2 N–H and O–H groups in total. The summed E-state index contributed by atoms with van der Waals surface area (Å²) in [4.78, 5) is 12.6. The molecule has 0 fully saturated rings. The second-order valence-corrected chi connectivity index (χ2v) is 5.23. The van der Waals surface area contributed by atoms with E-state index in [1.54, 1.807) is 6.20 Å². The van der Waals surface area contributed by atoms with Crippen molar-refractivity contribution in [2.45, 2.75) is 25.9 Å². The van der Waals surface area contributed by atoms with E-state index in [2.05, 4.69) is 31.0 Å². The summed E-state index contributed by atoms with van der Waals surface area (Å²) in [7, 11) is 0. The Morgan fingerprint density at radius 1 is 1.35 bits per heavy atom. The van der Waals surface area contributed by atoms with Crippen molar-refractivity contribution in [3.05, 3.63) is 59.7 Å². The van der Waals surface area contributed by atoms with Crippen molar-refractivity contribution < 1.29 is 4.79 Å². The molecule has 0 saturated carbocycles. The Hall–Kier alpha value is -3.03. The van der Waals surface area contributed by atoms with Crippen LogP contribution in [-0.2, 0) is 17.8 Å². The second-order valence-electron chi connectivity index (χ2n) is 5.23. The van der Waals surface area contributed by atoms with Crippen LogP contribution < -0.4 is 5.32 Å². The second kappa shape index (κ2) is 6.82. The maximum absolute atomic E-state index is 12.6. The van der Waals surface area contributed by atoms with E-state index in [0.717, 1.165) is 16.8 Å². The third-order valence-corrected chi connectivity index (χ3v) is 3.65. The lowest BCUT2D eigenvalue weighted by Gasteiger charge is -2.16. The van der Waals surface area contributed by atoms with Gasteiger partial charge in [0, 0.05) is 24.2 Å². The zero-order valence-electron chi connectivity index (χ0n) is 12.7. The van der Waals surface area contributed by atoms with E-state index in [1.165, 1.54) is 11.0 Å². The first kappa shape index (κ1) is 14.9. The molecule has 0 aliphatic rings. The summed E-state index contributed by atoms with van der Waals surface area (Å²) in [5.41, 5.74) is 2.93. The van der Waals surface area contributed by atoms with Crippen LogP contribution in [0.2, 0.25) is 0 Å². The highest BCUT2D eigenvalue weighted by Crippen LogP contribution is 2.13. The molecule has 1 aromatic carbocycles. The Bertz CT molecular complexity index is 751. The van der Waals surface area contributed by atoms with Crippen LogP contribution in [0.3, 0.4) is 0 Å². The van der Waals surface area contributed by atoms with E-state index in [-0.39, 0.29) is 5.91 Å². The number of tetrazole rings is 1. The van der Waals surface area contributed by atoms with Gasteiger partial charge < -0.3 is 5.32 Å². The summed E-state index contributed by atoms with van der Waals surface area (Å²) in [5.74, 6) is -0.137. The fourth-order valence-electron chi connectivity index (χ4n) is 2.31. The average Bonchev–Trinajstić information content (AvgIpc) is 3.23. The number of benzene rings is 1. The van der Waals surface area contributed by atoms with Crippen molar-refractivity contribution in [1.82, 2.24) is 35.7 Å². The molecule has 1 amide bonds. The topological polar surface area (TPSA) is 101 Å². The zero-order chi connectivity index (χ0) is 16.1. The van der Waals surface area contributed by atoms with E-state index in [9.17, 15) is 4.79 Å². The summed E-state index contributed by atoms with van der Waals surface area (Å²) in [6.45, 7) is 2.33. The predicted molar refractivity (Wildman–Crippen MR) is 82.2 cm³/mol. The van der Waals surface area contributed by atoms with Crippen LogP contribution in [0.15, 0.2) is 42.9 Å². The number of carbonyl (C=O) groups excluding carboxylic acids is 1. The first-order valence-electron chi connectivity index (χ1n) is 7.27. The molecule has 8 heteroatoms. The molecule has 0 radical (unpaired) electrons. The Balaban J connectivity index is 1.72. The number of aryl methyl sites for hydroxylation is 1. The third-order valence-electron chi connectivity index (χ3n) is 3.65. The number of rotatable bonds is 6. The molecule has 2 aromatic heterocycles. The van der Waals surface area contributed by atoms with Gasteiger partial charge in [0.25, 0.3) is 0 Å². The SMILES string of the molecule is Cc1[nH]ncc1CNC(=O)[C@H](Cc1ccccc1)n1cnnn1. The number of aromatic nitrogens is 6. The van der Waals surface area contributed by atoms with E-state index in [4.69, 9.17) is 0 Å². The molecule has 0 saturated heterocycles. The predicted octanol–water partition coefficient (Wildman–Crippen LogP) is 0.805. The van der Waals surface area contributed by atoms with Gasteiger partial charge in [-0.25, -0.2) is 4.68 Å². The third kappa shape index (κ3) is 3.60. The largest absolute Gasteiger partial charge is 0.350 e. The summed E-state index contributed by atoms with van der Waals surface area (Å²) in [6.07, 6.45) is 3.68. The molecule has 0 aliphatic heterocycles. The van der Waals surface area contributed by atoms with Crippen LogP contribution in [0.1, 0.15) is 22.9 Å². The molecule has 2 heterocycles. The molecular weight excluding hydrogens is 294 g/mol. The first-order valence-corrected chi connectivity index (χ1v) is 7.27. The van der Waals surface area contributed by atoms with Gasteiger partial charge in [-0.3, -0.25) is 9.89 Å². The number of amides is 1. The molecular formula is C15H17N7O. The van der Waals surface area contributed by atoms with Gasteiger partial charge in [0.05, 0.1) is 6.20 Å². The maximum atomic E-state index is 12.6. The van der Waals surface area contributed by atoms with Crippen LogP contribution in [0.25, 0.3) is 0 Å². The number of nitrogens with one attached hydrogen (secondary N) is 2. The monoisotopic (exact) mass is 311 g/mol. The molecule has 0 aliphatic carbocycles. The standard InChI is InChI=1S/C15H17N7O/c1-11-13(9-17-19-11)8-16-15(23)14(22-10-18-20-21-22)7-12-5-3-2-4-6-12/h2-6,9-10,14H,7-8H2,1H3,(H,16,23)(H,17,19)/t14-/m0/s1. The molecule has 3 aromatic rings. The van der Waals surface area contributed by atoms with E-state index >= 15 is 0 Å². The summed E-state index contributed by atoms with van der Waals surface area (Å²) in [5, 5.41) is 20.8. The normalized spacial score (nSPS) is 12.0. The molecule has 118 valence electrons. The first-order chi connectivity index (χ1) is 11.2. The van der Waals surface area contributed by atoms with Crippen LogP contribution >= 0.6 is 0 Å². The molecule has 8 nitrogen and oxygen atoms in total. The Kier molecular flexibility index (Phi) is 4.41. The van der Waals surface area contributed by atoms with Crippen LogP contribution in [-0.4, -0.2) is 36.3 Å². The summed E-state index contributed by atoms with van der Waals surface area (Å²) in [6, 6.07) is 9.28. The van der Waals surface area contributed by atoms with E-state index in [0.29, 0.717) is 13.0 Å². The Labute approximate surface area is 132 Å². The van der Waals surface area contributed by atoms with Crippen molar-refractivity contribution in [3.63, 3.8) is 0 Å². The highest BCUT2D eigenvalue weighted by atomic mass is 16.2. The van der Waals surface area contributed by atoms with Gasteiger partial charge in [-0.2, -0.15) is 5.10 Å². The minimum Gasteiger partial charge on any atom is -0.350 e. The lowest BCUT2D eigenvalue weighted by Crippen LogP contribution is -2.34. The zero-order valence-corrected chi connectivity index (χ0v) is 12.7. The lowest BCUT2D eigenvalue weighted by atomic mass is 10.1. The highest BCUT2D eigenvalue weighted by Gasteiger charge is 2.22. The van der Waals surface area contributed by atoms with Crippen molar-refractivity contribution >= 4 is 5.91 Å². The minimum atomic E-state index is -0.500. The number of hydrogen-bond donors (Lipinski definition) is 2. The van der Waals surface area contributed by atoms with Gasteiger partial charge >= 0.3 is 0 Å². The van der Waals surface area contributed by atoms with Crippen LogP contribution in [0, 0.1) is 6.92 Å². The molecule has 0 spiro atoms. The van der Waals surface area contributed by atoms with Crippen molar-refractivity contribution in [3.8, 4) is 0 Å². The smallest absolute Gasteiger partial charge is 0.245 e. The van der Waals surface area contributed by atoms with Gasteiger partial charge in [-0.05, 0) is 22.9 Å². The summed E-state index contributed by atoms with van der Waals surface area (Å²) >= 11 is 0. The van der Waals surface area contributed by atoms with Gasteiger partial charge in [-0.15, -0.1) is 5.10 Å². The minimum absolute atomic E-state index is 0.137. The van der Waals surface area contributed by atoms with Gasteiger partial charge in [-0.1, -0.05) is 30.3 Å². The number of aromatic amines is 1. The molecule has 3 rings (SSSR count). The quantitative estimate of drug-likeness (QED) is 0.701. The maximum Gasteiger partial charge on any atom is 0.245 e. The average molecular weight is 311 g/mol. The number of carbonyl (C=O) groups is 1. The number of nitrogens with zero attached hydrogens (tertiary/aromatic N) is 5. The lowest BCUT2D eigenvalue weighted by molar-refractivity contribution is -0.124. The molecule has 0 bridgehead atoms. The summed E-state index contributed by atoms with van der Waals surface area (Å²) < 4.78 is 1.48. The fourth-order valence-corrected chi connectivity index (χ4v) is 2.31. The number of H-pyrrole nitrogens is 1. The van der Waals surface area contributed by atoms with Gasteiger partial charge in [0.15, 0.2) is 0 Å². The Morgan fingerprint density at radius 2 is 2.17 bits per heavy atom. The fraction of sp³-hybridized carbons (Fsp3) is 0.267. The van der Waals surface area contributed by atoms with Crippen molar-refractivity contribution in [2.24, 2.45) is 0 Å². The van der Waals surface area contributed by atoms with Gasteiger partial charge in [0.1, 0.15) is 12.4 Å². The van der Waals surface area contributed by atoms with E-state index < -0.39 is 6.04 Å².